The first-order chi connectivity index (χ1) is 10.2. The van der Waals surface area contributed by atoms with Gasteiger partial charge in [-0.05, 0) is 31.9 Å². The molecule has 1 aromatic carbocycles. The predicted octanol–water partition coefficient (Wildman–Crippen LogP) is 1.72. The van der Waals surface area contributed by atoms with E-state index in [4.69, 9.17) is 0 Å². The SMILES string of the molecule is Cc1nc2ccccc2n(CCC(=O)N2CCCC2)c1=O. The van der Waals surface area contributed by atoms with Gasteiger partial charge in [0.15, 0.2) is 0 Å². The number of aromatic nitrogens is 2. The van der Waals surface area contributed by atoms with Crippen LogP contribution in [0.4, 0.5) is 0 Å². The molecule has 0 N–H and O–H groups in total. The van der Waals surface area contributed by atoms with E-state index in [0.29, 0.717) is 18.7 Å². The summed E-state index contributed by atoms with van der Waals surface area (Å²) in [5.74, 6) is 0.137. The van der Waals surface area contributed by atoms with E-state index in [1.807, 2.05) is 29.2 Å². The molecule has 5 heteroatoms. The fourth-order valence-electron chi connectivity index (χ4n) is 2.87. The van der Waals surface area contributed by atoms with Crippen molar-refractivity contribution in [1.29, 1.82) is 0 Å². The van der Waals surface area contributed by atoms with E-state index in [1.54, 1.807) is 11.5 Å². The zero-order chi connectivity index (χ0) is 14.8. The second-order valence-electron chi connectivity index (χ2n) is 5.48. The molecule has 0 bridgehead atoms. The molecule has 0 aliphatic carbocycles. The van der Waals surface area contributed by atoms with Crippen LogP contribution in [0, 0.1) is 6.92 Å². The van der Waals surface area contributed by atoms with E-state index < -0.39 is 0 Å². The van der Waals surface area contributed by atoms with Gasteiger partial charge in [-0.1, -0.05) is 12.1 Å². The monoisotopic (exact) mass is 285 g/mol. The molecule has 0 radical (unpaired) electrons. The number of hydrogen-bond acceptors (Lipinski definition) is 3. The lowest BCUT2D eigenvalue weighted by atomic mass is 10.2. The molecular weight excluding hydrogens is 266 g/mol. The maximum atomic E-state index is 12.3. The van der Waals surface area contributed by atoms with Crippen LogP contribution in [0.5, 0.6) is 0 Å². The van der Waals surface area contributed by atoms with Crippen molar-refractivity contribution in [2.75, 3.05) is 13.1 Å². The summed E-state index contributed by atoms with van der Waals surface area (Å²) in [6, 6.07) is 7.56. The van der Waals surface area contributed by atoms with Gasteiger partial charge in [-0.25, -0.2) is 4.98 Å². The Morgan fingerprint density at radius 1 is 1.24 bits per heavy atom. The Kier molecular flexibility index (Phi) is 3.73. The highest BCUT2D eigenvalue weighted by Gasteiger charge is 2.18. The highest BCUT2D eigenvalue weighted by molar-refractivity contribution is 5.77. The number of rotatable bonds is 3. The number of carbonyl (C=O) groups is 1. The molecule has 21 heavy (non-hydrogen) atoms. The molecule has 0 unspecified atom stereocenters. The van der Waals surface area contributed by atoms with Crippen LogP contribution in [0.25, 0.3) is 11.0 Å². The van der Waals surface area contributed by atoms with Crippen molar-refractivity contribution in [1.82, 2.24) is 14.5 Å². The minimum Gasteiger partial charge on any atom is -0.343 e. The van der Waals surface area contributed by atoms with E-state index in [9.17, 15) is 9.59 Å². The number of likely N-dealkylation sites (tertiary alicyclic amines) is 1. The second kappa shape index (κ2) is 5.68. The highest BCUT2D eigenvalue weighted by atomic mass is 16.2. The molecule has 1 saturated heterocycles. The lowest BCUT2D eigenvalue weighted by Gasteiger charge is -2.16. The minimum absolute atomic E-state index is 0.108. The second-order valence-corrected chi connectivity index (χ2v) is 5.48. The fraction of sp³-hybridized carbons (Fsp3) is 0.438. The minimum atomic E-state index is -0.108. The normalized spacial score (nSPS) is 14.8. The number of nitrogens with zero attached hydrogens (tertiary/aromatic N) is 3. The molecule has 1 aromatic heterocycles. The van der Waals surface area contributed by atoms with E-state index in [1.165, 1.54) is 0 Å². The third-order valence-corrected chi connectivity index (χ3v) is 4.02. The van der Waals surface area contributed by atoms with E-state index in [0.717, 1.165) is 37.0 Å². The number of benzene rings is 1. The van der Waals surface area contributed by atoms with Crippen molar-refractivity contribution in [2.24, 2.45) is 0 Å². The summed E-state index contributed by atoms with van der Waals surface area (Å²) in [4.78, 5) is 30.6. The number of hydrogen-bond donors (Lipinski definition) is 0. The molecule has 2 aromatic rings. The lowest BCUT2D eigenvalue weighted by Crippen LogP contribution is -2.31. The number of aryl methyl sites for hydroxylation is 2. The number of fused-ring (bicyclic) bond motifs is 1. The first-order valence-electron chi connectivity index (χ1n) is 7.41. The standard InChI is InChI=1S/C16H19N3O2/c1-12-16(21)19(14-7-3-2-6-13(14)17-12)11-8-15(20)18-9-4-5-10-18/h2-3,6-7H,4-5,8-11H2,1H3. The molecule has 110 valence electrons. The van der Waals surface area contributed by atoms with Crippen LogP contribution < -0.4 is 5.56 Å². The van der Waals surface area contributed by atoms with Crippen LogP contribution in [0.1, 0.15) is 25.0 Å². The van der Waals surface area contributed by atoms with Crippen LogP contribution in [0.2, 0.25) is 0 Å². The van der Waals surface area contributed by atoms with Gasteiger partial charge in [0.25, 0.3) is 5.56 Å². The Labute approximate surface area is 123 Å². The van der Waals surface area contributed by atoms with Crippen molar-refractivity contribution in [3.63, 3.8) is 0 Å². The highest BCUT2D eigenvalue weighted by Crippen LogP contribution is 2.12. The Morgan fingerprint density at radius 3 is 2.71 bits per heavy atom. The summed E-state index contributed by atoms with van der Waals surface area (Å²) < 4.78 is 1.67. The Morgan fingerprint density at radius 2 is 1.95 bits per heavy atom. The zero-order valence-corrected chi connectivity index (χ0v) is 12.2. The summed E-state index contributed by atoms with van der Waals surface area (Å²) in [6.45, 7) is 3.83. The molecule has 2 heterocycles. The van der Waals surface area contributed by atoms with Gasteiger partial charge >= 0.3 is 0 Å². The molecule has 1 aliphatic rings. The van der Waals surface area contributed by atoms with Crippen molar-refractivity contribution in [3.05, 3.63) is 40.3 Å². The third kappa shape index (κ3) is 2.68. The topological polar surface area (TPSA) is 55.2 Å². The lowest BCUT2D eigenvalue weighted by molar-refractivity contribution is -0.130. The van der Waals surface area contributed by atoms with Crippen LogP contribution in [-0.2, 0) is 11.3 Å². The maximum Gasteiger partial charge on any atom is 0.272 e. The number of amides is 1. The molecule has 1 amide bonds. The number of para-hydroxylation sites is 2. The molecule has 0 saturated carbocycles. The van der Waals surface area contributed by atoms with Gasteiger partial charge in [-0.15, -0.1) is 0 Å². The van der Waals surface area contributed by atoms with Crippen LogP contribution in [0.3, 0.4) is 0 Å². The van der Waals surface area contributed by atoms with Crippen LogP contribution in [0.15, 0.2) is 29.1 Å². The molecule has 0 atom stereocenters. The Balaban J connectivity index is 1.87. The Bertz CT molecular complexity index is 730. The molecule has 0 spiro atoms. The fourth-order valence-corrected chi connectivity index (χ4v) is 2.87. The summed E-state index contributed by atoms with van der Waals surface area (Å²) >= 11 is 0. The number of carbonyl (C=O) groups excluding carboxylic acids is 1. The summed E-state index contributed by atoms with van der Waals surface area (Å²) in [6.07, 6.45) is 2.54. The van der Waals surface area contributed by atoms with E-state index in [-0.39, 0.29) is 11.5 Å². The quantitative estimate of drug-likeness (QED) is 0.863. The van der Waals surface area contributed by atoms with Crippen LogP contribution >= 0.6 is 0 Å². The van der Waals surface area contributed by atoms with Gasteiger partial charge in [0.2, 0.25) is 5.91 Å². The average molecular weight is 285 g/mol. The van der Waals surface area contributed by atoms with Gasteiger partial charge in [0.05, 0.1) is 11.0 Å². The van der Waals surface area contributed by atoms with Gasteiger partial charge in [0, 0.05) is 26.1 Å². The van der Waals surface area contributed by atoms with Gasteiger partial charge in [-0.2, -0.15) is 0 Å². The molecule has 1 fully saturated rings. The Hall–Kier alpha value is -2.17. The van der Waals surface area contributed by atoms with Crippen LogP contribution in [-0.4, -0.2) is 33.4 Å². The largest absolute Gasteiger partial charge is 0.343 e. The van der Waals surface area contributed by atoms with Gasteiger partial charge in [-0.3, -0.25) is 9.59 Å². The smallest absolute Gasteiger partial charge is 0.272 e. The summed E-state index contributed by atoms with van der Waals surface area (Å²) in [5.41, 5.74) is 1.95. The van der Waals surface area contributed by atoms with Crippen molar-refractivity contribution >= 4 is 16.9 Å². The van der Waals surface area contributed by atoms with E-state index >= 15 is 0 Å². The molecular formula is C16H19N3O2. The summed E-state index contributed by atoms with van der Waals surface area (Å²) in [7, 11) is 0. The van der Waals surface area contributed by atoms with Gasteiger partial charge in [0.1, 0.15) is 5.69 Å². The van der Waals surface area contributed by atoms with E-state index in [2.05, 4.69) is 4.98 Å². The third-order valence-electron chi connectivity index (χ3n) is 4.02. The predicted molar refractivity (Wildman–Crippen MR) is 81.2 cm³/mol. The van der Waals surface area contributed by atoms with Crippen molar-refractivity contribution in [3.8, 4) is 0 Å². The molecule has 3 rings (SSSR count). The first-order valence-corrected chi connectivity index (χ1v) is 7.41. The van der Waals surface area contributed by atoms with Crippen molar-refractivity contribution in [2.45, 2.75) is 32.7 Å². The van der Waals surface area contributed by atoms with Gasteiger partial charge < -0.3 is 9.47 Å². The zero-order valence-electron chi connectivity index (χ0n) is 12.2. The average Bonchev–Trinajstić information content (AvgIpc) is 3.02. The summed E-state index contributed by atoms with van der Waals surface area (Å²) in [5, 5.41) is 0. The molecule has 1 aliphatic heterocycles. The maximum absolute atomic E-state index is 12.3. The first kappa shape index (κ1) is 13.8. The van der Waals surface area contributed by atoms with Crippen molar-refractivity contribution < 1.29 is 4.79 Å². The molecule has 5 nitrogen and oxygen atoms in total.